The molecule has 0 bridgehead atoms. The average molecular weight is 269 g/mol. The highest BCUT2D eigenvalue weighted by molar-refractivity contribution is 9.10. The number of halogens is 1. The molecule has 1 aliphatic rings. The molecule has 1 fully saturated rings. The van der Waals surface area contributed by atoms with E-state index >= 15 is 0 Å². The number of hydrogen-bond acceptors (Lipinski definition) is 2. The summed E-state index contributed by atoms with van der Waals surface area (Å²) in [6.07, 6.45) is 0.285. The number of rotatable bonds is 1. The van der Waals surface area contributed by atoms with Crippen LogP contribution in [0.4, 0.5) is 4.79 Å². The van der Waals surface area contributed by atoms with Crippen molar-refractivity contribution >= 4 is 27.9 Å². The lowest BCUT2D eigenvalue weighted by Crippen LogP contribution is -2.48. The number of nitrogens with one attached hydrogen (secondary N) is 2. The number of urea groups is 1. The van der Waals surface area contributed by atoms with E-state index < -0.39 is 6.03 Å². The van der Waals surface area contributed by atoms with E-state index in [1.54, 1.807) is 0 Å². The van der Waals surface area contributed by atoms with Crippen molar-refractivity contribution in [3.05, 3.63) is 34.3 Å². The van der Waals surface area contributed by atoms with Gasteiger partial charge in [0.25, 0.3) is 0 Å². The standard InChI is InChI=1S/C10H9BrN2O2/c11-7-3-1-6(2-4-7)8-5-9(14)13-10(15)12-8/h1-4,8H,5H2,(H2,12,13,14,15). The van der Waals surface area contributed by atoms with Crippen molar-refractivity contribution in [2.45, 2.75) is 12.5 Å². The first-order chi connectivity index (χ1) is 7.15. The van der Waals surface area contributed by atoms with Crippen LogP contribution in [-0.2, 0) is 4.79 Å². The third-order valence-electron chi connectivity index (χ3n) is 2.22. The van der Waals surface area contributed by atoms with Gasteiger partial charge in [-0.15, -0.1) is 0 Å². The summed E-state index contributed by atoms with van der Waals surface area (Å²) in [5, 5.41) is 4.89. The van der Waals surface area contributed by atoms with Crippen molar-refractivity contribution in [3.8, 4) is 0 Å². The van der Waals surface area contributed by atoms with E-state index in [2.05, 4.69) is 26.6 Å². The molecule has 1 saturated heterocycles. The Labute approximate surface area is 95.2 Å². The lowest BCUT2D eigenvalue weighted by molar-refractivity contribution is -0.121. The second-order valence-corrected chi connectivity index (χ2v) is 4.25. The van der Waals surface area contributed by atoms with Crippen LogP contribution in [0.3, 0.4) is 0 Å². The minimum absolute atomic E-state index is 0.223. The van der Waals surface area contributed by atoms with Gasteiger partial charge in [-0.2, -0.15) is 0 Å². The van der Waals surface area contributed by atoms with Gasteiger partial charge < -0.3 is 5.32 Å². The van der Waals surface area contributed by atoms with E-state index in [1.165, 1.54) is 0 Å². The lowest BCUT2D eigenvalue weighted by Gasteiger charge is -2.23. The van der Waals surface area contributed by atoms with E-state index in [0.717, 1.165) is 10.0 Å². The molecule has 1 atom stereocenters. The van der Waals surface area contributed by atoms with Crippen LogP contribution in [0.2, 0.25) is 0 Å². The van der Waals surface area contributed by atoms with Crippen molar-refractivity contribution in [2.75, 3.05) is 0 Å². The Balaban J connectivity index is 2.19. The Morgan fingerprint density at radius 1 is 1.20 bits per heavy atom. The molecule has 3 amide bonds. The Morgan fingerprint density at radius 2 is 1.87 bits per heavy atom. The molecule has 15 heavy (non-hydrogen) atoms. The minimum Gasteiger partial charge on any atom is -0.330 e. The van der Waals surface area contributed by atoms with Gasteiger partial charge in [0.15, 0.2) is 0 Å². The van der Waals surface area contributed by atoms with Crippen molar-refractivity contribution in [2.24, 2.45) is 0 Å². The second kappa shape index (κ2) is 4.02. The molecule has 1 aliphatic heterocycles. The highest BCUT2D eigenvalue weighted by Crippen LogP contribution is 2.21. The predicted octanol–water partition coefficient (Wildman–Crippen LogP) is 1.72. The van der Waals surface area contributed by atoms with Gasteiger partial charge in [0.05, 0.1) is 12.5 Å². The molecule has 5 heteroatoms. The van der Waals surface area contributed by atoms with Crippen molar-refractivity contribution in [1.29, 1.82) is 0 Å². The van der Waals surface area contributed by atoms with Crippen LogP contribution in [0.25, 0.3) is 0 Å². The van der Waals surface area contributed by atoms with Crippen LogP contribution in [0, 0.1) is 0 Å². The van der Waals surface area contributed by atoms with E-state index in [4.69, 9.17) is 0 Å². The molecule has 0 saturated carbocycles. The third-order valence-corrected chi connectivity index (χ3v) is 2.75. The van der Waals surface area contributed by atoms with Crippen molar-refractivity contribution in [3.63, 3.8) is 0 Å². The quantitative estimate of drug-likeness (QED) is 0.815. The summed E-state index contributed by atoms with van der Waals surface area (Å²) in [7, 11) is 0. The van der Waals surface area contributed by atoms with E-state index in [-0.39, 0.29) is 18.4 Å². The summed E-state index contributed by atoms with van der Waals surface area (Å²) in [5.41, 5.74) is 0.932. The smallest absolute Gasteiger partial charge is 0.321 e. The van der Waals surface area contributed by atoms with Gasteiger partial charge in [0.2, 0.25) is 5.91 Å². The molecule has 2 rings (SSSR count). The zero-order valence-corrected chi connectivity index (χ0v) is 9.37. The number of benzene rings is 1. The van der Waals surface area contributed by atoms with Crippen LogP contribution in [0.15, 0.2) is 28.7 Å². The van der Waals surface area contributed by atoms with Crippen LogP contribution < -0.4 is 10.6 Å². The lowest BCUT2D eigenvalue weighted by atomic mass is 10.0. The molecule has 0 radical (unpaired) electrons. The van der Waals surface area contributed by atoms with E-state index in [0.29, 0.717) is 0 Å². The van der Waals surface area contributed by atoms with Gasteiger partial charge in [0.1, 0.15) is 0 Å². The summed E-state index contributed by atoms with van der Waals surface area (Å²) in [6.45, 7) is 0. The van der Waals surface area contributed by atoms with Crippen LogP contribution in [-0.4, -0.2) is 11.9 Å². The van der Waals surface area contributed by atoms with E-state index in [9.17, 15) is 9.59 Å². The van der Waals surface area contributed by atoms with Gasteiger partial charge in [-0.25, -0.2) is 4.79 Å². The Morgan fingerprint density at radius 3 is 2.47 bits per heavy atom. The van der Waals surface area contributed by atoms with Gasteiger partial charge in [-0.3, -0.25) is 10.1 Å². The summed E-state index contributed by atoms with van der Waals surface area (Å²) in [6, 6.07) is 6.88. The fourth-order valence-corrected chi connectivity index (χ4v) is 1.77. The molecule has 1 aromatic rings. The Bertz CT molecular complexity index is 386. The van der Waals surface area contributed by atoms with Crippen LogP contribution in [0.1, 0.15) is 18.0 Å². The molecule has 1 heterocycles. The van der Waals surface area contributed by atoms with Gasteiger partial charge in [-0.1, -0.05) is 28.1 Å². The molecule has 0 spiro atoms. The number of carbonyl (C=O) groups is 2. The van der Waals surface area contributed by atoms with Gasteiger partial charge in [0, 0.05) is 4.47 Å². The maximum atomic E-state index is 11.1. The van der Waals surface area contributed by atoms with Crippen LogP contribution >= 0.6 is 15.9 Å². The highest BCUT2D eigenvalue weighted by atomic mass is 79.9. The minimum atomic E-state index is -0.431. The summed E-state index contributed by atoms with van der Waals surface area (Å²) in [5.74, 6) is -0.244. The third kappa shape index (κ3) is 2.36. The Hall–Kier alpha value is -1.36. The second-order valence-electron chi connectivity index (χ2n) is 3.33. The average Bonchev–Trinajstić information content (AvgIpc) is 2.17. The number of amides is 3. The largest absolute Gasteiger partial charge is 0.330 e. The van der Waals surface area contributed by atoms with E-state index in [1.807, 2.05) is 24.3 Å². The molecule has 1 aromatic carbocycles. The maximum Gasteiger partial charge on any atom is 0.321 e. The van der Waals surface area contributed by atoms with Crippen LogP contribution in [0.5, 0.6) is 0 Å². The summed E-state index contributed by atoms with van der Waals surface area (Å²) < 4.78 is 0.970. The molecule has 78 valence electrons. The molecule has 0 aromatic heterocycles. The van der Waals surface area contributed by atoms with Crippen molar-refractivity contribution < 1.29 is 9.59 Å². The molecule has 0 aliphatic carbocycles. The molecular weight excluding hydrogens is 260 g/mol. The number of imide groups is 1. The first-order valence-corrected chi connectivity index (χ1v) is 5.30. The first-order valence-electron chi connectivity index (χ1n) is 4.51. The maximum absolute atomic E-state index is 11.1. The fraction of sp³-hybridized carbons (Fsp3) is 0.200. The predicted molar refractivity (Wildman–Crippen MR) is 58.2 cm³/mol. The fourth-order valence-electron chi connectivity index (χ4n) is 1.50. The molecule has 4 nitrogen and oxygen atoms in total. The molecule has 1 unspecified atom stereocenters. The van der Waals surface area contributed by atoms with Crippen molar-refractivity contribution in [1.82, 2.24) is 10.6 Å². The topological polar surface area (TPSA) is 58.2 Å². The Kier molecular flexibility index (Phi) is 2.73. The first kappa shape index (κ1) is 10.2. The normalized spacial score (nSPS) is 20.7. The van der Waals surface area contributed by atoms with Gasteiger partial charge in [-0.05, 0) is 17.7 Å². The zero-order chi connectivity index (χ0) is 10.8. The summed E-state index contributed by atoms with van der Waals surface area (Å²) >= 11 is 3.33. The number of carbonyl (C=O) groups excluding carboxylic acids is 2. The number of hydrogen-bond donors (Lipinski definition) is 2. The molecular formula is C10H9BrN2O2. The zero-order valence-electron chi connectivity index (χ0n) is 7.79. The SMILES string of the molecule is O=C1CC(c2ccc(Br)cc2)NC(=O)N1. The summed E-state index contributed by atoms with van der Waals surface area (Å²) in [4.78, 5) is 22.2. The monoisotopic (exact) mass is 268 g/mol. The van der Waals surface area contributed by atoms with Gasteiger partial charge >= 0.3 is 6.03 Å². The molecule has 2 N–H and O–H groups in total. The highest BCUT2D eigenvalue weighted by Gasteiger charge is 2.24.